The van der Waals surface area contributed by atoms with E-state index in [4.69, 9.17) is 4.74 Å². The lowest BCUT2D eigenvalue weighted by molar-refractivity contribution is 0.0700. The average Bonchev–Trinajstić information content (AvgIpc) is 3.08. The molecule has 0 bridgehead atoms. The Hall–Kier alpha value is -2.41. The van der Waals surface area contributed by atoms with Crippen LogP contribution in [-0.4, -0.2) is 40.1 Å². The molecule has 0 spiro atoms. The van der Waals surface area contributed by atoms with Gasteiger partial charge in [-0.2, -0.15) is 0 Å². The van der Waals surface area contributed by atoms with E-state index in [-0.39, 0.29) is 18.6 Å². The van der Waals surface area contributed by atoms with Gasteiger partial charge in [0.25, 0.3) is 0 Å². The van der Waals surface area contributed by atoms with Crippen LogP contribution >= 0.6 is 11.3 Å². The summed E-state index contributed by atoms with van der Waals surface area (Å²) in [6, 6.07) is 9.64. The Morgan fingerprint density at radius 1 is 1.30 bits per heavy atom. The topological polar surface area (TPSA) is 79.7 Å². The number of aryl methyl sites for hydroxylation is 1. The molecule has 1 unspecified atom stereocenters. The van der Waals surface area contributed by atoms with Crippen molar-refractivity contribution in [3.05, 3.63) is 51.5 Å². The third kappa shape index (κ3) is 4.66. The van der Waals surface area contributed by atoms with E-state index in [0.717, 1.165) is 23.4 Å². The van der Waals surface area contributed by atoms with Gasteiger partial charge in [-0.05, 0) is 31.2 Å². The van der Waals surface area contributed by atoms with E-state index in [1.54, 1.807) is 11.8 Å². The number of carboxylic acid groups (broad SMARTS) is 1. The maximum atomic E-state index is 12.3. The Kier molecular flexibility index (Phi) is 6.11. The van der Waals surface area contributed by atoms with Gasteiger partial charge < -0.3 is 14.7 Å². The number of carbonyl (C=O) groups is 2. The van der Waals surface area contributed by atoms with Crippen molar-refractivity contribution in [3.63, 3.8) is 0 Å². The minimum atomic E-state index is -0.917. The van der Waals surface area contributed by atoms with Crippen LogP contribution in [0, 0.1) is 12.8 Å². The van der Waals surface area contributed by atoms with Crippen molar-refractivity contribution < 1.29 is 19.4 Å². The molecule has 1 saturated heterocycles. The zero-order valence-corrected chi connectivity index (χ0v) is 16.4. The third-order valence-corrected chi connectivity index (χ3v) is 6.45. The average molecular weight is 388 g/mol. The van der Waals surface area contributed by atoms with Gasteiger partial charge in [0.2, 0.25) is 0 Å². The number of hydrogen-bond acceptors (Lipinski definition) is 5. The molecule has 1 N–H and O–H groups in total. The second kappa shape index (κ2) is 8.52. The number of aromatic carboxylic acids is 1. The number of amides is 1. The summed E-state index contributed by atoms with van der Waals surface area (Å²) in [5.74, 6) is -0.348. The molecule has 1 aromatic carbocycles. The Morgan fingerprint density at radius 3 is 2.56 bits per heavy atom. The molecule has 0 radical (unpaired) electrons. The zero-order chi connectivity index (χ0) is 19.4. The number of piperidine rings is 1. The van der Waals surface area contributed by atoms with Crippen LogP contribution in [-0.2, 0) is 11.3 Å². The van der Waals surface area contributed by atoms with E-state index in [9.17, 15) is 14.7 Å². The monoisotopic (exact) mass is 388 g/mol. The van der Waals surface area contributed by atoms with Crippen molar-refractivity contribution in [3.8, 4) is 0 Å². The summed E-state index contributed by atoms with van der Waals surface area (Å²) in [4.78, 5) is 30.0. The maximum Gasteiger partial charge on any atom is 0.410 e. The van der Waals surface area contributed by atoms with Crippen molar-refractivity contribution in [1.29, 1.82) is 0 Å². The molecular formula is C20H24N2O4S. The summed E-state index contributed by atoms with van der Waals surface area (Å²) in [5.41, 5.74) is 1.55. The number of rotatable bonds is 5. The molecule has 0 aliphatic carbocycles. The summed E-state index contributed by atoms with van der Waals surface area (Å²) in [6.07, 6.45) is 1.45. The molecule has 7 heteroatoms. The van der Waals surface area contributed by atoms with Gasteiger partial charge >= 0.3 is 12.1 Å². The molecule has 2 aromatic rings. The smallest absolute Gasteiger partial charge is 0.410 e. The molecule has 1 aromatic heterocycles. The van der Waals surface area contributed by atoms with Crippen molar-refractivity contribution in [2.75, 3.05) is 13.1 Å². The predicted molar refractivity (Wildman–Crippen MR) is 103 cm³/mol. The number of carboxylic acids is 1. The highest BCUT2D eigenvalue weighted by Gasteiger charge is 2.30. The lowest BCUT2D eigenvalue weighted by Gasteiger charge is -2.33. The third-order valence-electron chi connectivity index (χ3n) is 5.11. The summed E-state index contributed by atoms with van der Waals surface area (Å²) >= 11 is 1.27. The van der Waals surface area contributed by atoms with Crippen LogP contribution in [0.5, 0.6) is 0 Å². The van der Waals surface area contributed by atoms with Gasteiger partial charge in [-0.25, -0.2) is 14.6 Å². The van der Waals surface area contributed by atoms with Gasteiger partial charge in [0.1, 0.15) is 11.5 Å². The van der Waals surface area contributed by atoms with Crippen LogP contribution in [0.25, 0.3) is 0 Å². The van der Waals surface area contributed by atoms with E-state index < -0.39 is 5.97 Å². The summed E-state index contributed by atoms with van der Waals surface area (Å²) < 4.78 is 5.40. The Balaban J connectivity index is 1.51. The summed E-state index contributed by atoms with van der Waals surface area (Å²) in [5, 5.41) is 10.1. The largest absolute Gasteiger partial charge is 0.477 e. The lowest BCUT2D eigenvalue weighted by Crippen LogP contribution is -2.39. The first kappa shape index (κ1) is 19.4. The Morgan fingerprint density at radius 2 is 1.96 bits per heavy atom. The lowest BCUT2D eigenvalue weighted by atomic mass is 9.86. The quantitative estimate of drug-likeness (QED) is 0.826. The number of nitrogens with zero attached hydrogens (tertiary/aromatic N) is 2. The van der Waals surface area contributed by atoms with Crippen molar-refractivity contribution in [2.24, 2.45) is 5.92 Å². The van der Waals surface area contributed by atoms with Crippen molar-refractivity contribution in [1.82, 2.24) is 9.88 Å². The van der Waals surface area contributed by atoms with E-state index >= 15 is 0 Å². The number of benzene rings is 1. The van der Waals surface area contributed by atoms with Crippen LogP contribution < -0.4 is 0 Å². The minimum absolute atomic E-state index is 0.185. The Labute approximate surface area is 162 Å². The zero-order valence-electron chi connectivity index (χ0n) is 15.6. The fraction of sp³-hybridized carbons (Fsp3) is 0.450. The summed E-state index contributed by atoms with van der Waals surface area (Å²) in [7, 11) is 0. The van der Waals surface area contributed by atoms with Crippen LogP contribution in [0.1, 0.15) is 51.6 Å². The molecule has 1 amide bonds. The molecule has 2 heterocycles. The van der Waals surface area contributed by atoms with E-state index in [1.807, 2.05) is 30.3 Å². The van der Waals surface area contributed by atoms with Crippen molar-refractivity contribution in [2.45, 2.75) is 39.2 Å². The van der Waals surface area contributed by atoms with Gasteiger partial charge in [0.15, 0.2) is 0 Å². The second-order valence-electron chi connectivity index (χ2n) is 6.93. The highest BCUT2D eigenvalue weighted by atomic mass is 32.1. The number of carbonyl (C=O) groups excluding carboxylic acids is 1. The number of ether oxygens (including phenoxy) is 1. The second-order valence-corrected chi connectivity index (χ2v) is 7.96. The first-order chi connectivity index (χ1) is 13.0. The standard InChI is InChI=1S/C20H24N2O4S/c1-13(18-21-14(2)17(27-18)19(23)24)16-8-10-22(11-9-16)20(25)26-12-15-6-4-3-5-7-15/h3-7,13,16H,8-12H2,1-2H3,(H,23,24). The molecule has 1 aliphatic heterocycles. The number of likely N-dealkylation sites (tertiary alicyclic amines) is 1. The van der Waals surface area contributed by atoms with Gasteiger partial charge in [-0.3, -0.25) is 0 Å². The molecule has 6 nitrogen and oxygen atoms in total. The van der Waals surface area contributed by atoms with E-state index in [1.165, 1.54) is 11.3 Å². The number of hydrogen-bond donors (Lipinski definition) is 1. The molecule has 144 valence electrons. The molecule has 1 atom stereocenters. The highest BCUT2D eigenvalue weighted by Crippen LogP contribution is 2.35. The first-order valence-corrected chi connectivity index (χ1v) is 9.93. The molecule has 27 heavy (non-hydrogen) atoms. The fourth-order valence-corrected chi connectivity index (χ4v) is 4.46. The Bertz CT molecular complexity index is 798. The van der Waals surface area contributed by atoms with Crippen LogP contribution in [0.4, 0.5) is 4.79 Å². The van der Waals surface area contributed by atoms with Gasteiger partial charge in [-0.1, -0.05) is 37.3 Å². The predicted octanol–water partition coefficient (Wildman–Crippen LogP) is 4.30. The number of aromatic nitrogens is 1. The van der Waals surface area contributed by atoms with E-state index in [2.05, 4.69) is 11.9 Å². The van der Waals surface area contributed by atoms with Gasteiger partial charge in [0.05, 0.1) is 10.7 Å². The molecule has 3 rings (SSSR count). The molecule has 1 aliphatic rings. The summed E-state index contributed by atoms with van der Waals surface area (Å²) in [6.45, 7) is 5.42. The SMILES string of the molecule is Cc1nc(C(C)C2CCN(C(=O)OCc3ccccc3)CC2)sc1C(=O)O. The fourth-order valence-electron chi connectivity index (χ4n) is 3.40. The number of thiazole rings is 1. The molecule has 1 fully saturated rings. The molecule has 0 saturated carbocycles. The van der Waals surface area contributed by atoms with Crippen LogP contribution in [0.2, 0.25) is 0 Å². The van der Waals surface area contributed by atoms with Crippen molar-refractivity contribution >= 4 is 23.4 Å². The van der Waals surface area contributed by atoms with Gasteiger partial charge in [-0.15, -0.1) is 11.3 Å². The normalized spacial score (nSPS) is 16.1. The van der Waals surface area contributed by atoms with Crippen LogP contribution in [0.15, 0.2) is 30.3 Å². The minimum Gasteiger partial charge on any atom is -0.477 e. The molecular weight excluding hydrogens is 364 g/mol. The highest BCUT2D eigenvalue weighted by molar-refractivity contribution is 7.13. The maximum absolute atomic E-state index is 12.3. The van der Waals surface area contributed by atoms with E-state index in [0.29, 0.717) is 29.6 Å². The van der Waals surface area contributed by atoms with Gasteiger partial charge in [0, 0.05) is 19.0 Å². The first-order valence-electron chi connectivity index (χ1n) is 9.12. The van der Waals surface area contributed by atoms with Crippen LogP contribution in [0.3, 0.4) is 0 Å².